The molecule has 0 fully saturated rings. The van der Waals surface area contributed by atoms with Crippen molar-refractivity contribution >= 4 is 17.7 Å². The van der Waals surface area contributed by atoms with E-state index in [2.05, 4.69) is 5.32 Å². The Morgan fingerprint density at radius 1 is 1.03 bits per heavy atom. The summed E-state index contributed by atoms with van der Waals surface area (Å²) in [5, 5.41) is 2.57. The van der Waals surface area contributed by atoms with Crippen LogP contribution in [0.2, 0.25) is 0 Å². The molecule has 7 heteroatoms. The van der Waals surface area contributed by atoms with Crippen molar-refractivity contribution in [2.45, 2.75) is 33.7 Å². The van der Waals surface area contributed by atoms with E-state index in [4.69, 9.17) is 4.74 Å². The first-order valence-electron chi connectivity index (χ1n) is 10.2. The second-order valence-electron chi connectivity index (χ2n) is 7.70. The molecule has 1 amide bonds. The molecule has 0 saturated carbocycles. The highest BCUT2D eigenvalue weighted by Crippen LogP contribution is 2.22. The molecule has 1 atom stereocenters. The summed E-state index contributed by atoms with van der Waals surface area (Å²) in [6, 6.07) is 13.8. The number of benzene rings is 2. The Bertz CT molecular complexity index is 1180. The molecule has 3 aromatic rings. The predicted octanol–water partition coefficient (Wildman–Crippen LogP) is 4.09. The summed E-state index contributed by atoms with van der Waals surface area (Å²) in [7, 11) is 0. The fourth-order valence-corrected chi connectivity index (χ4v) is 3.52. The number of carbonyl (C=O) groups excluding carboxylic acids is 3. The van der Waals surface area contributed by atoms with Crippen LogP contribution in [0.25, 0.3) is 5.69 Å². The zero-order chi connectivity index (χ0) is 23.4. The number of ether oxygens (including phenoxy) is 1. The Morgan fingerprint density at radius 2 is 1.75 bits per heavy atom. The lowest BCUT2D eigenvalue weighted by atomic mass is 10.1. The van der Waals surface area contributed by atoms with Crippen LogP contribution < -0.4 is 5.32 Å². The van der Waals surface area contributed by atoms with Crippen LogP contribution in [-0.4, -0.2) is 34.9 Å². The molecule has 1 aromatic heterocycles. The molecular weight excluding hydrogens is 411 g/mol. The largest absolute Gasteiger partial charge is 0.456 e. The van der Waals surface area contributed by atoms with Gasteiger partial charge >= 0.3 is 5.97 Å². The highest BCUT2D eigenvalue weighted by atomic mass is 19.1. The number of hydrogen-bond acceptors (Lipinski definition) is 4. The van der Waals surface area contributed by atoms with Gasteiger partial charge in [-0.15, -0.1) is 0 Å². The zero-order valence-corrected chi connectivity index (χ0v) is 18.4. The van der Waals surface area contributed by atoms with Crippen molar-refractivity contribution < 1.29 is 23.5 Å². The molecule has 32 heavy (non-hydrogen) atoms. The van der Waals surface area contributed by atoms with Gasteiger partial charge in [0.15, 0.2) is 6.61 Å². The number of carbonyl (C=O) groups is 3. The maximum Gasteiger partial charge on any atom is 0.328 e. The Hall–Kier alpha value is -3.74. The van der Waals surface area contributed by atoms with Gasteiger partial charge in [-0.25, -0.2) is 9.18 Å². The summed E-state index contributed by atoms with van der Waals surface area (Å²) < 4.78 is 20.5. The van der Waals surface area contributed by atoms with E-state index in [9.17, 15) is 18.8 Å². The highest BCUT2D eigenvalue weighted by Gasteiger charge is 2.22. The maximum absolute atomic E-state index is 13.6. The third kappa shape index (κ3) is 5.11. The molecule has 0 aliphatic heterocycles. The average Bonchev–Trinajstić information content (AvgIpc) is 3.05. The summed E-state index contributed by atoms with van der Waals surface area (Å²) in [4.78, 5) is 37.3. The van der Waals surface area contributed by atoms with E-state index in [-0.39, 0.29) is 11.6 Å². The van der Waals surface area contributed by atoms with Gasteiger partial charge in [-0.3, -0.25) is 9.59 Å². The Labute approximate surface area is 186 Å². The molecule has 6 nitrogen and oxygen atoms in total. The van der Waals surface area contributed by atoms with Gasteiger partial charge in [-0.1, -0.05) is 23.8 Å². The topological polar surface area (TPSA) is 77.4 Å². The number of rotatable bonds is 7. The Kier molecular flexibility index (Phi) is 6.88. The van der Waals surface area contributed by atoms with Crippen LogP contribution in [0.4, 0.5) is 4.39 Å². The minimum Gasteiger partial charge on any atom is -0.456 e. The fraction of sp³-hybridized carbons (Fsp3) is 0.240. The summed E-state index contributed by atoms with van der Waals surface area (Å²) >= 11 is 0. The van der Waals surface area contributed by atoms with E-state index >= 15 is 0 Å². The lowest BCUT2D eigenvalue weighted by Gasteiger charge is -2.13. The molecule has 0 spiro atoms. The molecule has 166 valence electrons. The van der Waals surface area contributed by atoms with E-state index in [0.29, 0.717) is 22.5 Å². The molecule has 0 aliphatic carbocycles. The molecule has 0 unspecified atom stereocenters. The molecule has 1 heterocycles. The number of esters is 1. The number of amides is 1. The number of hydrogen-bond donors (Lipinski definition) is 1. The smallest absolute Gasteiger partial charge is 0.328 e. The molecule has 0 saturated heterocycles. The Morgan fingerprint density at radius 3 is 2.44 bits per heavy atom. The third-order valence-electron chi connectivity index (χ3n) is 5.12. The van der Waals surface area contributed by atoms with Crippen molar-refractivity contribution in [3.05, 3.63) is 88.5 Å². The number of nitrogens with zero attached hydrogens (tertiary/aromatic N) is 1. The molecule has 2 aromatic carbocycles. The monoisotopic (exact) mass is 436 g/mol. The summed E-state index contributed by atoms with van der Waals surface area (Å²) in [6.07, 6.45) is 0. The minimum atomic E-state index is -0.921. The zero-order valence-electron chi connectivity index (χ0n) is 18.4. The normalized spacial score (nSPS) is 11.7. The van der Waals surface area contributed by atoms with E-state index < -0.39 is 24.5 Å². The molecule has 3 rings (SSSR count). The summed E-state index contributed by atoms with van der Waals surface area (Å²) in [6.45, 7) is 6.46. The number of ketones is 1. The van der Waals surface area contributed by atoms with Crippen LogP contribution in [0.1, 0.15) is 44.6 Å². The van der Waals surface area contributed by atoms with E-state index in [0.717, 1.165) is 11.3 Å². The number of aromatic nitrogens is 1. The van der Waals surface area contributed by atoms with Crippen molar-refractivity contribution in [1.82, 2.24) is 9.88 Å². The van der Waals surface area contributed by atoms with Gasteiger partial charge in [0, 0.05) is 28.2 Å². The maximum atomic E-state index is 13.6. The SMILES string of the molecule is Cc1cccc(C(=O)N[C@@H](C)C(=O)OCC(=O)c2cc(C)n(-c3cccc(F)c3)c2C)c1. The second-order valence-corrected chi connectivity index (χ2v) is 7.70. The molecular formula is C25H25FN2O4. The van der Waals surface area contributed by atoms with Gasteiger partial charge in [-0.05, 0) is 64.1 Å². The van der Waals surface area contributed by atoms with Gasteiger partial charge in [0.05, 0.1) is 0 Å². The fourth-order valence-electron chi connectivity index (χ4n) is 3.52. The quantitative estimate of drug-likeness (QED) is 0.447. The van der Waals surface area contributed by atoms with Gasteiger partial charge in [0.2, 0.25) is 5.78 Å². The van der Waals surface area contributed by atoms with E-state index in [1.54, 1.807) is 47.9 Å². The van der Waals surface area contributed by atoms with Crippen LogP contribution in [-0.2, 0) is 9.53 Å². The lowest BCUT2D eigenvalue weighted by Crippen LogP contribution is -2.40. The van der Waals surface area contributed by atoms with Crippen LogP contribution in [0.5, 0.6) is 0 Å². The molecule has 0 bridgehead atoms. The van der Waals surface area contributed by atoms with E-state index in [1.165, 1.54) is 19.1 Å². The number of nitrogens with one attached hydrogen (secondary N) is 1. The van der Waals surface area contributed by atoms with Gasteiger partial charge in [0.1, 0.15) is 11.9 Å². The lowest BCUT2D eigenvalue weighted by molar-refractivity contribution is -0.144. The van der Waals surface area contributed by atoms with Crippen molar-refractivity contribution in [3.8, 4) is 5.69 Å². The first kappa shape index (κ1) is 22.9. The van der Waals surface area contributed by atoms with Crippen molar-refractivity contribution in [2.24, 2.45) is 0 Å². The predicted molar refractivity (Wildman–Crippen MR) is 119 cm³/mol. The molecule has 0 aliphatic rings. The van der Waals surface area contributed by atoms with Gasteiger partial charge < -0.3 is 14.6 Å². The summed E-state index contributed by atoms with van der Waals surface area (Å²) in [5.41, 5.74) is 3.72. The van der Waals surface area contributed by atoms with Crippen molar-refractivity contribution in [1.29, 1.82) is 0 Å². The van der Waals surface area contributed by atoms with Crippen molar-refractivity contribution in [3.63, 3.8) is 0 Å². The third-order valence-corrected chi connectivity index (χ3v) is 5.12. The van der Waals surface area contributed by atoms with E-state index in [1.807, 2.05) is 19.9 Å². The second kappa shape index (κ2) is 9.60. The van der Waals surface area contributed by atoms with Crippen LogP contribution in [0.15, 0.2) is 54.6 Å². The van der Waals surface area contributed by atoms with Gasteiger partial charge in [-0.2, -0.15) is 0 Å². The number of halogens is 1. The number of aryl methyl sites for hydroxylation is 2. The van der Waals surface area contributed by atoms with Gasteiger partial charge in [0.25, 0.3) is 5.91 Å². The molecule has 1 N–H and O–H groups in total. The standard InChI is InChI=1S/C25H25FN2O4/c1-15-7-5-8-19(11-15)24(30)27-17(3)25(31)32-14-23(29)22-12-16(2)28(18(22)4)21-10-6-9-20(26)13-21/h5-13,17H,14H2,1-4H3,(H,27,30)/t17-/m0/s1. The molecule has 0 radical (unpaired) electrons. The first-order chi connectivity index (χ1) is 15.2. The van der Waals surface area contributed by atoms with Crippen molar-refractivity contribution in [2.75, 3.05) is 6.61 Å². The average molecular weight is 436 g/mol. The minimum absolute atomic E-state index is 0.376. The summed E-state index contributed by atoms with van der Waals surface area (Å²) in [5.74, 6) is -1.87. The van der Waals surface area contributed by atoms with Crippen LogP contribution >= 0.6 is 0 Å². The van der Waals surface area contributed by atoms with Crippen LogP contribution in [0, 0.1) is 26.6 Å². The first-order valence-corrected chi connectivity index (χ1v) is 10.2. The number of Topliss-reactive ketones (excluding diaryl/α,β-unsaturated/α-hetero) is 1. The van der Waals surface area contributed by atoms with Crippen LogP contribution in [0.3, 0.4) is 0 Å². The Balaban J connectivity index is 1.63. The highest BCUT2D eigenvalue weighted by molar-refractivity contribution is 6.00.